The number of anilines is 1. The number of ether oxygens (including phenoxy) is 1. The average Bonchev–Trinajstić information content (AvgIpc) is 3.09. The van der Waals surface area contributed by atoms with E-state index >= 15 is 4.39 Å². The number of nitrogens with one attached hydrogen (secondary N) is 1. The van der Waals surface area contributed by atoms with Gasteiger partial charge in [0.1, 0.15) is 11.4 Å². The average molecular weight is 388 g/mol. The first-order chi connectivity index (χ1) is 13.5. The lowest BCUT2D eigenvalue weighted by molar-refractivity contribution is 0.0212. The summed E-state index contributed by atoms with van der Waals surface area (Å²) in [5, 5.41) is 14.7. The van der Waals surface area contributed by atoms with Gasteiger partial charge in [0.2, 0.25) is 5.43 Å². The predicted molar refractivity (Wildman–Crippen MR) is 102 cm³/mol. The molecule has 148 valence electrons. The third-order valence-electron chi connectivity index (χ3n) is 6.00. The molecule has 2 fully saturated rings. The first-order valence-corrected chi connectivity index (χ1v) is 9.41. The van der Waals surface area contributed by atoms with Crippen molar-refractivity contribution < 1.29 is 19.0 Å². The van der Waals surface area contributed by atoms with E-state index in [4.69, 9.17) is 4.74 Å². The van der Waals surface area contributed by atoms with Crippen LogP contribution in [0.15, 0.2) is 17.1 Å². The Morgan fingerprint density at radius 2 is 2.21 bits per heavy atom. The van der Waals surface area contributed by atoms with E-state index in [0.717, 1.165) is 12.1 Å². The second-order valence-corrected chi connectivity index (χ2v) is 7.61. The maximum absolute atomic E-state index is 15.3. The van der Waals surface area contributed by atoms with Gasteiger partial charge in [-0.05, 0) is 12.5 Å². The van der Waals surface area contributed by atoms with E-state index < -0.39 is 17.2 Å². The van der Waals surface area contributed by atoms with Gasteiger partial charge in [0.25, 0.3) is 0 Å². The summed E-state index contributed by atoms with van der Waals surface area (Å²) in [6, 6.07) is 1.34. The van der Waals surface area contributed by atoms with Crippen LogP contribution in [0.1, 0.15) is 15.9 Å². The molecule has 2 atom stereocenters. The summed E-state index contributed by atoms with van der Waals surface area (Å²) in [6.45, 7) is 3.23. The van der Waals surface area contributed by atoms with Gasteiger partial charge in [0.15, 0.2) is 0 Å². The number of carboxylic acid groups (broad SMARTS) is 1. The Labute approximate surface area is 160 Å². The number of halogens is 1. The SMILES string of the molecule is CN1CCc2c(N3C[C@@H]4NCCO[C@H]4C3)c(F)cc3c(=O)c(C(=O)O)cn1c23. The Morgan fingerprint density at radius 1 is 1.39 bits per heavy atom. The molecule has 4 heterocycles. The van der Waals surface area contributed by atoms with Crippen molar-refractivity contribution in [1.29, 1.82) is 0 Å². The minimum Gasteiger partial charge on any atom is -0.477 e. The van der Waals surface area contributed by atoms with Crippen LogP contribution in [0.5, 0.6) is 0 Å². The fourth-order valence-corrected chi connectivity index (χ4v) is 4.67. The summed E-state index contributed by atoms with van der Waals surface area (Å²) < 4.78 is 22.7. The Hall–Kier alpha value is -2.65. The van der Waals surface area contributed by atoms with E-state index in [9.17, 15) is 14.7 Å². The van der Waals surface area contributed by atoms with E-state index in [0.29, 0.717) is 43.9 Å². The molecule has 2 saturated heterocycles. The van der Waals surface area contributed by atoms with Crippen molar-refractivity contribution in [1.82, 2.24) is 9.99 Å². The van der Waals surface area contributed by atoms with Crippen molar-refractivity contribution in [3.8, 4) is 0 Å². The number of hydrogen-bond donors (Lipinski definition) is 2. The van der Waals surface area contributed by atoms with Crippen molar-refractivity contribution in [3.05, 3.63) is 39.4 Å². The number of benzene rings is 1. The van der Waals surface area contributed by atoms with E-state index in [1.807, 2.05) is 17.0 Å². The first kappa shape index (κ1) is 17.4. The summed E-state index contributed by atoms with van der Waals surface area (Å²) >= 11 is 0. The van der Waals surface area contributed by atoms with E-state index in [1.54, 1.807) is 4.68 Å². The summed E-state index contributed by atoms with van der Waals surface area (Å²) in [7, 11) is 1.82. The lowest BCUT2D eigenvalue weighted by atomic mass is 9.99. The summed E-state index contributed by atoms with van der Waals surface area (Å²) in [5.41, 5.74) is 0.825. The summed E-state index contributed by atoms with van der Waals surface area (Å²) in [6.07, 6.45) is 1.93. The molecule has 0 unspecified atom stereocenters. The van der Waals surface area contributed by atoms with Crippen LogP contribution in [-0.4, -0.2) is 67.7 Å². The summed E-state index contributed by atoms with van der Waals surface area (Å²) in [5.74, 6) is -1.80. The van der Waals surface area contributed by atoms with Crippen LogP contribution >= 0.6 is 0 Å². The van der Waals surface area contributed by atoms with E-state index in [1.165, 1.54) is 12.3 Å². The molecule has 0 spiro atoms. The first-order valence-electron chi connectivity index (χ1n) is 9.41. The number of fused-ring (bicyclic) bond motifs is 1. The van der Waals surface area contributed by atoms with Crippen LogP contribution in [0, 0.1) is 5.82 Å². The van der Waals surface area contributed by atoms with Crippen molar-refractivity contribution in [2.75, 3.05) is 49.7 Å². The van der Waals surface area contributed by atoms with Crippen molar-refractivity contribution in [3.63, 3.8) is 0 Å². The summed E-state index contributed by atoms with van der Waals surface area (Å²) in [4.78, 5) is 26.2. The molecule has 3 aliphatic rings. The smallest absolute Gasteiger partial charge is 0.341 e. The molecule has 5 rings (SSSR count). The molecule has 2 aromatic rings. The second-order valence-electron chi connectivity index (χ2n) is 7.61. The highest BCUT2D eigenvalue weighted by atomic mass is 19.1. The number of aromatic nitrogens is 1. The maximum atomic E-state index is 15.3. The molecule has 0 bridgehead atoms. The normalized spacial score (nSPS) is 23.9. The lowest BCUT2D eigenvalue weighted by Gasteiger charge is -2.33. The van der Waals surface area contributed by atoms with Crippen LogP contribution in [0.4, 0.5) is 10.1 Å². The second kappa shape index (κ2) is 6.18. The Balaban J connectivity index is 1.73. The molecule has 0 radical (unpaired) electrons. The van der Waals surface area contributed by atoms with Crippen molar-refractivity contribution >= 4 is 22.6 Å². The van der Waals surface area contributed by atoms with Gasteiger partial charge >= 0.3 is 5.97 Å². The monoisotopic (exact) mass is 388 g/mol. The fourth-order valence-electron chi connectivity index (χ4n) is 4.67. The highest BCUT2D eigenvalue weighted by Gasteiger charge is 2.38. The van der Waals surface area contributed by atoms with Crippen LogP contribution < -0.4 is 20.7 Å². The third-order valence-corrected chi connectivity index (χ3v) is 6.00. The number of likely N-dealkylation sites (N-methyl/N-ethyl adjacent to an activating group) is 1. The molecule has 0 saturated carbocycles. The Morgan fingerprint density at radius 3 is 2.96 bits per heavy atom. The fraction of sp³-hybridized carbons (Fsp3) is 0.474. The molecule has 8 nitrogen and oxygen atoms in total. The lowest BCUT2D eigenvalue weighted by Crippen LogP contribution is -2.47. The molecule has 1 aromatic carbocycles. The highest BCUT2D eigenvalue weighted by Crippen LogP contribution is 2.36. The van der Waals surface area contributed by atoms with Gasteiger partial charge in [0, 0.05) is 45.0 Å². The number of nitrogens with zero attached hydrogens (tertiary/aromatic N) is 3. The molecule has 28 heavy (non-hydrogen) atoms. The number of aromatic carboxylic acids is 1. The molecule has 9 heteroatoms. The van der Waals surface area contributed by atoms with Gasteiger partial charge in [-0.1, -0.05) is 0 Å². The van der Waals surface area contributed by atoms with Gasteiger partial charge in [0.05, 0.1) is 35.3 Å². The molecule has 2 N–H and O–H groups in total. The Bertz CT molecular complexity index is 1040. The quantitative estimate of drug-likeness (QED) is 0.757. The standard InChI is InChI=1S/C19H21FN4O4/c1-22-4-2-10-16-11(18(25)12(19(26)27)7-24(16)22)6-13(20)17(10)23-8-14-15(9-23)28-5-3-21-14/h6-7,14-15,21H,2-5,8-9H2,1H3,(H,26,27)/t14-,15-/m0/s1. The van der Waals surface area contributed by atoms with Crippen LogP contribution in [-0.2, 0) is 11.2 Å². The third kappa shape index (κ3) is 2.43. The molecule has 3 aliphatic heterocycles. The molecular weight excluding hydrogens is 367 g/mol. The zero-order chi connectivity index (χ0) is 19.6. The topological polar surface area (TPSA) is 87.0 Å². The number of carbonyl (C=O) groups is 1. The predicted octanol–water partition coefficient (Wildman–Crippen LogP) is 0.140. The number of pyridine rings is 1. The van der Waals surface area contributed by atoms with Gasteiger partial charge in [-0.2, -0.15) is 0 Å². The largest absolute Gasteiger partial charge is 0.477 e. The zero-order valence-electron chi connectivity index (χ0n) is 15.4. The maximum Gasteiger partial charge on any atom is 0.341 e. The van der Waals surface area contributed by atoms with Gasteiger partial charge < -0.3 is 25.1 Å². The number of hydrogen-bond acceptors (Lipinski definition) is 6. The van der Waals surface area contributed by atoms with Crippen molar-refractivity contribution in [2.45, 2.75) is 18.6 Å². The van der Waals surface area contributed by atoms with Crippen LogP contribution in [0.25, 0.3) is 10.9 Å². The Kier molecular flexibility index (Phi) is 3.85. The number of morpholine rings is 1. The van der Waals surface area contributed by atoms with Gasteiger partial charge in [-0.25, -0.2) is 9.18 Å². The minimum atomic E-state index is -1.31. The number of rotatable bonds is 2. The van der Waals surface area contributed by atoms with Gasteiger partial charge in [-0.15, -0.1) is 0 Å². The molecular formula is C19H21FN4O4. The number of carboxylic acids is 1. The molecule has 0 aliphatic carbocycles. The molecule has 0 amide bonds. The highest BCUT2D eigenvalue weighted by molar-refractivity contribution is 5.95. The molecule has 1 aromatic heterocycles. The van der Waals surface area contributed by atoms with Crippen LogP contribution in [0.2, 0.25) is 0 Å². The van der Waals surface area contributed by atoms with Crippen LogP contribution in [0.3, 0.4) is 0 Å². The minimum absolute atomic E-state index is 0.0129. The van der Waals surface area contributed by atoms with Crippen molar-refractivity contribution in [2.24, 2.45) is 0 Å². The van der Waals surface area contributed by atoms with E-state index in [2.05, 4.69) is 5.32 Å². The van der Waals surface area contributed by atoms with Gasteiger partial charge in [-0.3, -0.25) is 9.47 Å². The van der Waals surface area contributed by atoms with E-state index in [-0.39, 0.29) is 23.1 Å². The zero-order valence-corrected chi connectivity index (χ0v) is 15.4.